The molecule has 3 aromatic carbocycles. The first-order valence-corrected chi connectivity index (χ1v) is 10.4. The lowest BCUT2D eigenvalue weighted by atomic mass is 10.2. The Morgan fingerprint density at radius 3 is 2.62 bits per heavy atom. The fourth-order valence-electron chi connectivity index (χ4n) is 3.34. The van der Waals surface area contributed by atoms with Gasteiger partial charge in [-0.3, -0.25) is 4.79 Å². The van der Waals surface area contributed by atoms with Crippen molar-refractivity contribution in [2.75, 3.05) is 0 Å². The maximum absolute atomic E-state index is 12.7. The Labute approximate surface area is 182 Å². The van der Waals surface area contributed by atoms with Crippen molar-refractivity contribution < 1.29 is 4.79 Å². The van der Waals surface area contributed by atoms with Gasteiger partial charge < -0.3 is 9.88 Å². The molecular formula is C23H19BrClN3O. The molecule has 1 aromatic heterocycles. The van der Waals surface area contributed by atoms with Crippen molar-refractivity contribution in [2.45, 2.75) is 19.5 Å². The zero-order valence-electron chi connectivity index (χ0n) is 15.8. The smallest absolute Gasteiger partial charge is 0.251 e. The largest absolute Gasteiger partial charge is 0.342 e. The van der Waals surface area contributed by atoms with Crippen LogP contribution in [0.1, 0.15) is 34.7 Å². The second kappa shape index (κ2) is 8.39. The molecule has 0 saturated heterocycles. The number of carbonyl (C=O) groups excluding carboxylic acids is 1. The van der Waals surface area contributed by atoms with Crippen molar-refractivity contribution in [1.82, 2.24) is 14.9 Å². The molecule has 4 aromatic rings. The number of para-hydroxylation sites is 2. The van der Waals surface area contributed by atoms with Gasteiger partial charge in [0.05, 0.1) is 17.1 Å². The summed E-state index contributed by atoms with van der Waals surface area (Å²) < 4.78 is 3.20. The van der Waals surface area contributed by atoms with E-state index in [1.807, 2.05) is 37.3 Å². The number of hydrogen-bond acceptors (Lipinski definition) is 2. The molecule has 1 atom stereocenters. The summed E-state index contributed by atoms with van der Waals surface area (Å²) in [5.41, 5.74) is 3.63. The van der Waals surface area contributed by atoms with E-state index >= 15 is 0 Å². The molecule has 0 fully saturated rings. The van der Waals surface area contributed by atoms with Gasteiger partial charge in [0.1, 0.15) is 5.82 Å². The average Bonchev–Trinajstić information content (AvgIpc) is 3.08. The lowest BCUT2D eigenvalue weighted by molar-refractivity contribution is 0.0938. The second-order valence-corrected chi connectivity index (χ2v) is 8.23. The maximum atomic E-state index is 12.7. The number of nitrogens with zero attached hydrogens (tertiary/aromatic N) is 2. The molecule has 0 radical (unpaired) electrons. The summed E-state index contributed by atoms with van der Waals surface area (Å²) in [5.74, 6) is 0.631. The molecule has 4 rings (SSSR count). The van der Waals surface area contributed by atoms with Crippen LogP contribution in [0.4, 0.5) is 0 Å². The number of fused-ring (bicyclic) bond motifs is 1. The minimum atomic E-state index is -0.274. The fourth-order valence-corrected chi connectivity index (χ4v) is 3.79. The first-order chi connectivity index (χ1) is 14.0. The minimum Gasteiger partial charge on any atom is -0.342 e. The third-order valence-corrected chi connectivity index (χ3v) is 5.52. The van der Waals surface area contributed by atoms with E-state index in [4.69, 9.17) is 16.6 Å². The van der Waals surface area contributed by atoms with E-state index in [9.17, 15) is 4.79 Å². The molecule has 4 nitrogen and oxygen atoms in total. The van der Waals surface area contributed by atoms with E-state index in [0.29, 0.717) is 17.1 Å². The van der Waals surface area contributed by atoms with Crippen molar-refractivity contribution in [3.05, 3.63) is 99.2 Å². The average molecular weight is 469 g/mol. The van der Waals surface area contributed by atoms with Crippen LogP contribution >= 0.6 is 27.5 Å². The Morgan fingerprint density at radius 2 is 1.86 bits per heavy atom. The SMILES string of the molecule is CC(NC(=O)c1cccc(Cl)c1)c1nc2ccccc2n1Cc1ccc(Br)cc1. The van der Waals surface area contributed by atoms with E-state index in [2.05, 4.69) is 44.0 Å². The zero-order valence-corrected chi connectivity index (χ0v) is 18.1. The van der Waals surface area contributed by atoms with Gasteiger partial charge in [-0.1, -0.05) is 57.9 Å². The number of nitrogens with one attached hydrogen (secondary N) is 1. The van der Waals surface area contributed by atoms with Gasteiger partial charge in [0.2, 0.25) is 0 Å². The molecule has 1 N–H and O–H groups in total. The lowest BCUT2D eigenvalue weighted by Crippen LogP contribution is -2.28. The van der Waals surface area contributed by atoms with Gasteiger partial charge in [-0.15, -0.1) is 0 Å². The van der Waals surface area contributed by atoms with Crippen molar-refractivity contribution in [3.63, 3.8) is 0 Å². The molecule has 1 amide bonds. The molecule has 6 heteroatoms. The topological polar surface area (TPSA) is 46.9 Å². The van der Waals surface area contributed by atoms with Crippen molar-refractivity contribution >= 4 is 44.5 Å². The first-order valence-electron chi connectivity index (χ1n) is 9.27. The monoisotopic (exact) mass is 467 g/mol. The molecular weight excluding hydrogens is 450 g/mol. The third-order valence-electron chi connectivity index (χ3n) is 4.76. The van der Waals surface area contributed by atoms with Crippen LogP contribution in [0, 0.1) is 0 Å². The lowest BCUT2D eigenvalue weighted by Gasteiger charge is -2.17. The highest BCUT2D eigenvalue weighted by Gasteiger charge is 2.19. The molecule has 146 valence electrons. The summed E-state index contributed by atoms with van der Waals surface area (Å²) in [5, 5.41) is 3.58. The van der Waals surface area contributed by atoms with Gasteiger partial charge in [-0.25, -0.2) is 4.98 Å². The van der Waals surface area contributed by atoms with Crippen LogP contribution in [0.15, 0.2) is 77.3 Å². The molecule has 0 aliphatic heterocycles. The number of carbonyl (C=O) groups is 1. The number of imidazole rings is 1. The predicted molar refractivity (Wildman–Crippen MR) is 120 cm³/mol. The van der Waals surface area contributed by atoms with Gasteiger partial charge in [0, 0.05) is 21.6 Å². The van der Waals surface area contributed by atoms with Crippen LogP contribution in [0.5, 0.6) is 0 Å². The summed E-state index contributed by atoms with van der Waals surface area (Å²) in [6, 6.07) is 22.9. The van der Waals surface area contributed by atoms with E-state index in [1.54, 1.807) is 24.3 Å². The molecule has 0 saturated carbocycles. The minimum absolute atomic E-state index is 0.178. The quantitative estimate of drug-likeness (QED) is 0.391. The summed E-state index contributed by atoms with van der Waals surface area (Å²) >= 11 is 9.50. The first kappa shape index (κ1) is 19.7. The summed E-state index contributed by atoms with van der Waals surface area (Å²) in [7, 11) is 0. The standard InChI is InChI=1S/C23H19BrClN3O/c1-15(26-23(29)17-5-4-6-19(25)13-17)22-27-20-7-2-3-8-21(20)28(22)14-16-9-11-18(24)12-10-16/h2-13,15H,14H2,1H3,(H,26,29). The van der Waals surface area contributed by atoms with Crippen molar-refractivity contribution in [2.24, 2.45) is 0 Å². The predicted octanol–water partition coefficient (Wildman–Crippen LogP) is 5.99. The van der Waals surface area contributed by atoms with Crippen LogP contribution in [-0.4, -0.2) is 15.5 Å². The van der Waals surface area contributed by atoms with E-state index in [0.717, 1.165) is 26.9 Å². The number of hydrogen-bond donors (Lipinski definition) is 1. The normalized spacial score (nSPS) is 12.1. The van der Waals surface area contributed by atoms with Crippen LogP contribution in [0.2, 0.25) is 5.02 Å². The Morgan fingerprint density at radius 1 is 1.10 bits per heavy atom. The van der Waals surface area contributed by atoms with Gasteiger partial charge in [0.25, 0.3) is 5.91 Å². The number of rotatable bonds is 5. The summed E-state index contributed by atoms with van der Waals surface area (Å²) in [6.45, 7) is 2.61. The van der Waals surface area contributed by atoms with Gasteiger partial charge in [-0.2, -0.15) is 0 Å². The second-order valence-electron chi connectivity index (χ2n) is 6.88. The fraction of sp³-hybridized carbons (Fsp3) is 0.130. The Kier molecular flexibility index (Phi) is 5.69. The van der Waals surface area contributed by atoms with Crippen LogP contribution in [0.25, 0.3) is 11.0 Å². The van der Waals surface area contributed by atoms with Crippen LogP contribution < -0.4 is 5.32 Å². The summed E-state index contributed by atoms with van der Waals surface area (Å²) in [6.07, 6.45) is 0. The highest BCUT2D eigenvalue weighted by atomic mass is 79.9. The molecule has 1 unspecified atom stereocenters. The van der Waals surface area contributed by atoms with Gasteiger partial charge in [0.15, 0.2) is 0 Å². The number of aromatic nitrogens is 2. The number of benzene rings is 3. The van der Waals surface area contributed by atoms with E-state index in [-0.39, 0.29) is 11.9 Å². The number of amides is 1. The van der Waals surface area contributed by atoms with E-state index in [1.165, 1.54) is 0 Å². The number of halogens is 2. The van der Waals surface area contributed by atoms with Crippen molar-refractivity contribution in [1.29, 1.82) is 0 Å². The highest BCUT2D eigenvalue weighted by Crippen LogP contribution is 2.23. The molecule has 0 spiro atoms. The Balaban J connectivity index is 1.67. The van der Waals surface area contributed by atoms with Gasteiger partial charge >= 0.3 is 0 Å². The van der Waals surface area contributed by atoms with Crippen LogP contribution in [0.3, 0.4) is 0 Å². The molecule has 0 bridgehead atoms. The van der Waals surface area contributed by atoms with Crippen LogP contribution in [-0.2, 0) is 6.54 Å². The molecule has 1 heterocycles. The molecule has 0 aliphatic carbocycles. The Hall–Kier alpha value is -2.63. The third kappa shape index (κ3) is 4.36. The van der Waals surface area contributed by atoms with Crippen molar-refractivity contribution in [3.8, 4) is 0 Å². The molecule has 29 heavy (non-hydrogen) atoms. The Bertz CT molecular complexity index is 1170. The maximum Gasteiger partial charge on any atom is 0.251 e. The summed E-state index contributed by atoms with van der Waals surface area (Å²) in [4.78, 5) is 17.5. The van der Waals surface area contributed by atoms with Gasteiger partial charge in [-0.05, 0) is 55.0 Å². The molecule has 0 aliphatic rings. The highest BCUT2D eigenvalue weighted by molar-refractivity contribution is 9.10. The van der Waals surface area contributed by atoms with E-state index < -0.39 is 0 Å². The zero-order chi connectivity index (χ0) is 20.4.